The molecule has 0 bridgehead atoms. The van der Waals surface area contributed by atoms with Crippen LogP contribution in [-0.2, 0) is 4.79 Å². The van der Waals surface area contributed by atoms with Crippen molar-refractivity contribution in [2.45, 2.75) is 27.2 Å². The lowest BCUT2D eigenvalue weighted by atomic mass is 10.1. The molecule has 1 atom stereocenters. The summed E-state index contributed by atoms with van der Waals surface area (Å²) in [5.41, 5.74) is 2.06. The summed E-state index contributed by atoms with van der Waals surface area (Å²) >= 11 is 0. The molecule has 2 rings (SSSR count). The fourth-order valence-corrected chi connectivity index (χ4v) is 1.79. The lowest BCUT2D eigenvalue weighted by molar-refractivity contribution is -0.119. The van der Waals surface area contributed by atoms with Gasteiger partial charge in [-0.3, -0.25) is 4.79 Å². The molecule has 0 radical (unpaired) electrons. The van der Waals surface area contributed by atoms with Crippen LogP contribution in [0.1, 0.15) is 26.0 Å². The minimum absolute atomic E-state index is 0.0653. The van der Waals surface area contributed by atoms with Crippen LogP contribution in [-0.4, -0.2) is 15.9 Å². The van der Waals surface area contributed by atoms with Crippen molar-refractivity contribution in [1.29, 1.82) is 0 Å². The number of aromatic nitrogens is 2. The zero-order valence-corrected chi connectivity index (χ0v) is 12.4. The van der Waals surface area contributed by atoms with Gasteiger partial charge in [-0.2, -0.15) is 0 Å². The number of carbonyl (C=O) groups is 1. The molecule has 0 aliphatic carbocycles. The van der Waals surface area contributed by atoms with E-state index < -0.39 is 0 Å². The molecule has 2 aromatic rings. The van der Waals surface area contributed by atoms with Crippen LogP contribution in [0.15, 0.2) is 30.5 Å². The van der Waals surface area contributed by atoms with E-state index in [1.807, 2.05) is 13.8 Å². The molecule has 1 heterocycles. The van der Waals surface area contributed by atoms with E-state index in [0.29, 0.717) is 17.2 Å². The predicted octanol–water partition coefficient (Wildman–Crippen LogP) is 3.58. The predicted molar refractivity (Wildman–Crippen MR) is 80.2 cm³/mol. The Bertz CT molecular complexity index is 640. The van der Waals surface area contributed by atoms with E-state index in [0.717, 1.165) is 12.0 Å². The van der Waals surface area contributed by atoms with Crippen LogP contribution < -0.4 is 5.32 Å². The summed E-state index contributed by atoms with van der Waals surface area (Å²) < 4.78 is 12.9. The van der Waals surface area contributed by atoms with E-state index in [2.05, 4.69) is 15.3 Å². The molecule has 0 aliphatic heterocycles. The minimum Gasteiger partial charge on any atom is -0.309 e. The molecule has 1 amide bonds. The van der Waals surface area contributed by atoms with Crippen molar-refractivity contribution >= 4 is 11.7 Å². The fraction of sp³-hybridized carbons (Fsp3) is 0.312. The minimum atomic E-state index is -0.291. The zero-order chi connectivity index (χ0) is 15.4. The number of nitrogens with one attached hydrogen (secondary N) is 1. The van der Waals surface area contributed by atoms with Gasteiger partial charge in [0.25, 0.3) is 0 Å². The molecule has 0 saturated heterocycles. The van der Waals surface area contributed by atoms with Crippen LogP contribution in [0, 0.1) is 18.7 Å². The third-order valence-corrected chi connectivity index (χ3v) is 3.39. The van der Waals surface area contributed by atoms with E-state index in [9.17, 15) is 9.18 Å². The molecular formula is C16H18FN3O. The van der Waals surface area contributed by atoms with E-state index in [4.69, 9.17) is 0 Å². The van der Waals surface area contributed by atoms with Crippen molar-refractivity contribution in [3.8, 4) is 11.3 Å². The van der Waals surface area contributed by atoms with Gasteiger partial charge >= 0.3 is 0 Å². The molecule has 0 fully saturated rings. The summed E-state index contributed by atoms with van der Waals surface area (Å²) in [6.45, 7) is 5.61. The Kier molecular flexibility index (Phi) is 4.62. The quantitative estimate of drug-likeness (QED) is 0.935. The number of nitrogens with zero attached hydrogens (tertiary/aromatic N) is 2. The number of halogens is 1. The number of rotatable bonds is 4. The van der Waals surface area contributed by atoms with Gasteiger partial charge in [0, 0.05) is 11.5 Å². The summed E-state index contributed by atoms with van der Waals surface area (Å²) in [5, 5.41) is 2.78. The number of amides is 1. The molecule has 0 saturated carbocycles. The van der Waals surface area contributed by atoms with Crippen LogP contribution >= 0.6 is 0 Å². The molecule has 1 aromatic heterocycles. The van der Waals surface area contributed by atoms with Gasteiger partial charge in [0.05, 0.1) is 17.6 Å². The van der Waals surface area contributed by atoms with E-state index in [1.165, 1.54) is 12.1 Å². The normalized spacial score (nSPS) is 12.0. The highest BCUT2D eigenvalue weighted by molar-refractivity contribution is 5.91. The molecule has 4 nitrogen and oxygen atoms in total. The first-order chi connectivity index (χ1) is 10.0. The van der Waals surface area contributed by atoms with E-state index >= 15 is 0 Å². The lowest BCUT2D eigenvalue weighted by Crippen LogP contribution is -2.21. The molecule has 21 heavy (non-hydrogen) atoms. The number of anilines is 1. The standard InChI is InChI=1S/C16H18FN3O/c1-4-10(2)16(21)20-15-11(3)19-14(9-18-15)12-5-7-13(17)8-6-12/h5-10H,4H2,1-3H3,(H,18,20,21). The third-order valence-electron chi connectivity index (χ3n) is 3.39. The summed E-state index contributed by atoms with van der Waals surface area (Å²) in [4.78, 5) is 20.5. The number of hydrogen-bond acceptors (Lipinski definition) is 3. The molecule has 5 heteroatoms. The number of benzene rings is 1. The largest absolute Gasteiger partial charge is 0.309 e. The fourth-order valence-electron chi connectivity index (χ4n) is 1.79. The first-order valence-electron chi connectivity index (χ1n) is 6.91. The summed E-state index contributed by atoms with van der Waals surface area (Å²) in [5.74, 6) is 0.0411. The Morgan fingerprint density at radius 1 is 1.33 bits per heavy atom. The Labute approximate surface area is 123 Å². The van der Waals surface area contributed by atoms with Crippen molar-refractivity contribution in [2.75, 3.05) is 5.32 Å². The topological polar surface area (TPSA) is 54.9 Å². The molecule has 1 N–H and O–H groups in total. The highest BCUT2D eigenvalue weighted by Crippen LogP contribution is 2.20. The first-order valence-corrected chi connectivity index (χ1v) is 6.91. The van der Waals surface area contributed by atoms with Crippen LogP contribution in [0.4, 0.5) is 10.2 Å². The third kappa shape index (κ3) is 3.62. The number of hydrogen-bond donors (Lipinski definition) is 1. The van der Waals surface area contributed by atoms with Gasteiger partial charge in [-0.1, -0.05) is 13.8 Å². The SMILES string of the molecule is CCC(C)C(=O)Nc1ncc(-c2ccc(F)cc2)nc1C. The van der Waals surface area contributed by atoms with Crippen LogP contribution in [0.2, 0.25) is 0 Å². The average molecular weight is 287 g/mol. The second-order valence-corrected chi connectivity index (χ2v) is 4.99. The smallest absolute Gasteiger partial charge is 0.228 e. The number of aryl methyl sites for hydroxylation is 1. The number of carbonyl (C=O) groups excluding carboxylic acids is 1. The second kappa shape index (κ2) is 6.43. The maximum absolute atomic E-state index is 12.9. The van der Waals surface area contributed by atoms with Gasteiger partial charge in [0.1, 0.15) is 5.82 Å². The molecular weight excluding hydrogens is 269 g/mol. The van der Waals surface area contributed by atoms with Crippen molar-refractivity contribution in [3.05, 3.63) is 42.0 Å². The maximum Gasteiger partial charge on any atom is 0.228 e. The Morgan fingerprint density at radius 3 is 2.57 bits per heavy atom. The molecule has 1 aromatic carbocycles. The van der Waals surface area contributed by atoms with E-state index in [1.54, 1.807) is 25.3 Å². The van der Waals surface area contributed by atoms with E-state index in [-0.39, 0.29) is 17.6 Å². The van der Waals surface area contributed by atoms with Gasteiger partial charge in [-0.05, 0) is 37.6 Å². The Morgan fingerprint density at radius 2 is 2.00 bits per heavy atom. The molecule has 110 valence electrons. The van der Waals surface area contributed by atoms with Gasteiger partial charge in [-0.25, -0.2) is 14.4 Å². The highest BCUT2D eigenvalue weighted by atomic mass is 19.1. The van der Waals surface area contributed by atoms with Crippen LogP contribution in [0.5, 0.6) is 0 Å². The van der Waals surface area contributed by atoms with Crippen molar-refractivity contribution in [3.63, 3.8) is 0 Å². The Balaban J connectivity index is 2.21. The van der Waals surface area contributed by atoms with Gasteiger partial charge in [-0.15, -0.1) is 0 Å². The van der Waals surface area contributed by atoms with Crippen LogP contribution in [0.3, 0.4) is 0 Å². The lowest BCUT2D eigenvalue weighted by Gasteiger charge is -2.11. The van der Waals surface area contributed by atoms with Crippen molar-refractivity contribution < 1.29 is 9.18 Å². The first kappa shape index (κ1) is 15.1. The molecule has 0 spiro atoms. The van der Waals surface area contributed by atoms with Crippen molar-refractivity contribution in [2.24, 2.45) is 5.92 Å². The highest BCUT2D eigenvalue weighted by Gasteiger charge is 2.13. The zero-order valence-electron chi connectivity index (χ0n) is 12.4. The summed E-state index contributed by atoms with van der Waals surface area (Å²) in [7, 11) is 0. The van der Waals surface area contributed by atoms with Crippen LogP contribution in [0.25, 0.3) is 11.3 Å². The Hall–Kier alpha value is -2.30. The van der Waals surface area contributed by atoms with Gasteiger partial charge < -0.3 is 5.32 Å². The van der Waals surface area contributed by atoms with Gasteiger partial charge in [0.15, 0.2) is 5.82 Å². The molecule has 1 unspecified atom stereocenters. The monoisotopic (exact) mass is 287 g/mol. The summed E-state index contributed by atoms with van der Waals surface area (Å²) in [6, 6.07) is 6.06. The second-order valence-electron chi connectivity index (χ2n) is 4.99. The summed E-state index contributed by atoms with van der Waals surface area (Å²) in [6.07, 6.45) is 2.35. The van der Waals surface area contributed by atoms with Gasteiger partial charge in [0.2, 0.25) is 5.91 Å². The average Bonchev–Trinajstić information content (AvgIpc) is 2.49. The van der Waals surface area contributed by atoms with Crippen molar-refractivity contribution in [1.82, 2.24) is 9.97 Å². The molecule has 0 aliphatic rings. The maximum atomic E-state index is 12.9.